The summed E-state index contributed by atoms with van der Waals surface area (Å²) in [5.74, 6) is -0.727. The van der Waals surface area contributed by atoms with Crippen LogP contribution < -0.4 is 9.88 Å². The molecule has 0 aliphatic carbocycles. The minimum absolute atomic E-state index is 0.159. The van der Waals surface area contributed by atoms with Crippen LogP contribution in [0.3, 0.4) is 0 Å². The monoisotopic (exact) mass is 380 g/mol. The van der Waals surface area contributed by atoms with E-state index in [1.165, 1.54) is 0 Å². The summed E-state index contributed by atoms with van der Waals surface area (Å²) in [7, 11) is -2.04. The molecule has 2 rings (SSSR count). The number of nitrogens with two attached hydrogens (primary N) is 1. The van der Waals surface area contributed by atoms with E-state index in [2.05, 4.69) is 9.64 Å². The Morgan fingerprint density at radius 2 is 2.04 bits per heavy atom. The van der Waals surface area contributed by atoms with Crippen molar-refractivity contribution in [1.29, 1.82) is 0 Å². The van der Waals surface area contributed by atoms with E-state index in [1.807, 2.05) is 7.05 Å². The van der Waals surface area contributed by atoms with E-state index in [-0.39, 0.29) is 22.4 Å². The lowest BCUT2D eigenvalue weighted by atomic mass is 9.89. The Bertz CT molecular complexity index is 707. The molecule has 25 heavy (non-hydrogen) atoms. The van der Waals surface area contributed by atoms with Gasteiger partial charge in [-0.15, -0.1) is 13.2 Å². The van der Waals surface area contributed by atoms with Crippen molar-refractivity contribution in [3.05, 3.63) is 23.8 Å². The van der Waals surface area contributed by atoms with Gasteiger partial charge in [0.15, 0.2) is 0 Å². The van der Waals surface area contributed by atoms with Gasteiger partial charge in [-0.3, -0.25) is 0 Å². The molecule has 0 aromatic heterocycles. The summed E-state index contributed by atoms with van der Waals surface area (Å²) in [5.41, 5.74) is 0.253. The molecule has 0 radical (unpaired) electrons. The van der Waals surface area contributed by atoms with Gasteiger partial charge in [-0.25, -0.2) is 13.6 Å². The summed E-state index contributed by atoms with van der Waals surface area (Å²) in [6, 6.07) is 3.42. The number of primary sulfonamides is 1. The summed E-state index contributed by atoms with van der Waals surface area (Å²) < 4.78 is 64.9. The Kier molecular flexibility index (Phi) is 6.01. The van der Waals surface area contributed by atoms with Crippen molar-refractivity contribution >= 4 is 10.0 Å². The summed E-state index contributed by atoms with van der Waals surface area (Å²) in [6.45, 7) is 2.75. The van der Waals surface area contributed by atoms with E-state index >= 15 is 0 Å². The van der Waals surface area contributed by atoms with Gasteiger partial charge in [0, 0.05) is 6.04 Å². The van der Waals surface area contributed by atoms with E-state index in [1.54, 1.807) is 6.92 Å². The lowest BCUT2D eigenvalue weighted by Gasteiger charge is -2.34. The number of alkyl halides is 3. The third-order valence-corrected chi connectivity index (χ3v) is 5.58. The normalized spacial score (nSPS) is 21.1. The van der Waals surface area contributed by atoms with E-state index in [0.29, 0.717) is 6.42 Å². The number of likely N-dealkylation sites (tertiary alicyclic amines) is 1. The molecule has 1 fully saturated rings. The van der Waals surface area contributed by atoms with Gasteiger partial charge >= 0.3 is 6.36 Å². The van der Waals surface area contributed by atoms with Crippen LogP contribution in [0.2, 0.25) is 0 Å². The van der Waals surface area contributed by atoms with Crippen molar-refractivity contribution in [1.82, 2.24) is 4.90 Å². The van der Waals surface area contributed by atoms with E-state index < -0.39 is 22.1 Å². The largest absolute Gasteiger partial charge is 0.573 e. The van der Waals surface area contributed by atoms with Crippen LogP contribution in [0.25, 0.3) is 0 Å². The molecule has 0 saturated carbocycles. The maximum absolute atomic E-state index is 12.5. The number of hydrogen-bond acceptors (Lipinski definition) is 4. The molecule has 5 nitrogen and oxygen atoms in total. The van der Waals surface area contributed by atoms with Crippen LogP contribution in [0, 0.1) is 0 Å². The molecular formula is C16H23F3N2O3S. The quantitative estimate of drug-likeness (QED) is 0.851. The lowest BCUT2D eigenvalue weighted by molar-refractivity contribution is -0.274. The number of benzene rings is 1. The van der Waals surface area contributed by atoms with E-state index in [0.717, 1.165) is 44.0 Å². The van der Waals surface area contributed by atoms with Crippen LogP contribution in [-0.4, -0.2) is 39.3 Å². The highest BCUT2D eigenvalue weighted by molar-refractivity contribution is 7.89. The highest BCUT2D eigenvalue weighted by Crippen LogP contribution is 2.34. The molecule has 1 aliphatic heterocycles. The van der Waals surface area contributed by atoms with E-state index in [4.69, 9.17) is 5.14 Å². The minimum atomic E-state index is -4.84. The molecule has 2 N–H and O–H groups in total. The predicted molar refractivity (Wildman–Crippen MR) is 87.8 cm³/mol. The third-order valence-electron chi connectivity index (χ3n) is 4.60. The Balaban J connectivity index is 2.32. The van der Waals surface area contributed by atoms with Crippen LogP contribution in [-0.2, 0) is 10.0 Å². The van der Waals surface area contributed by atoms with Crippen molar-refractivity contribution in [2.24, 2.45) is 5.14 Å². The Morgan fingerprint density at radius 1 is 1.36 bits per heavy atom. The lowest BCUT2D eigenvalue weighted by Crippen LogP contribution is -2.37. The first kappa shape index (κ1) is 20.0. The first-order valence-electron chi connectivity index (χ1n) is 8.10. The first-order chi connectivity index (χ1) is 11.5. The van der Waals surface area contributed by atoms with Crippen molar-refractivity contribution in [3.63, 3.8) is 0 Å². The number of rotatable bonds is 5. The fourth-order valence-electron chi connectivity index (χ4n) is 3.34. The first-order valence-corrected chi connectivity index (χ1v) is 9.65. The van der Waals surface area contributed by atoms with Gasteiger partial charge < -0.3 is 9.64 Å². The van der Waals surface area contributed by atoms with Crippen molar-refractivity contribution in [2.75, 3.05) is 13.6 Å². The second kappa shape index (κ2) is 7.51. The molecule has 1 aliphatic rings. The van der Waals surface area contributed by atoms with Gasteiger partial charge in [-0.05, 0) is 62.5 Å². The molecule has 0 spiro atoms. The molecule has 0 unspecified atom stereocenters. The van der Waals surface area contributed by atoms with Gasteiger partial charge in [0.2, 0.25) is 10.0 Å². The zero-order valence-corrected chi connectivity index (χ0v) is 15.0. The van der Waals surface area contributed by atoms with Crippen LogP contribution in [0.15, 0.2) is 23.1 Å². The zero-order chi connectivity index (χ0) is 18.8. The number of hydrogen-bond donors (Lipinski definition) is 1. The average molecular weight is 380 g/mol. The van der Waals surface area contributed by atoms with Crippen LogP contribution in [0.1, 0.15) is 44.1 Å². The molecule has 9 heteroatoms. The molecule has 142 valence electrons. The molecule has 2 atom stereocenters. The summed E-state index contributed by atoms with van der Waals surface area (Å²) in [5, 5.41) is 5.23. The zero-order valence-electron chi connectivity index (χ0n) is 14.2. The highest BCUT2D eigenvalue weighted by Gasteiger charge is 2.32. The molecule has 0 bridgehead atoms. The fraction of sp³-hybridized carbons (Fsp3) is 0.625. The van der Waals surface area contributed by atoms with E-state index in [9.17, 15) is 21.6 Å². The smallest absolute Gasteiger partial charge is 0.406 e. The number of piperidine rings is 1. The van der Waals surface area contributed by atoms with Gasteiger partial charge in [0.05, 0.1) is 4.90 Å². The predicted octanol–water partition coefficient (Wildman–Crippen LogP) is 3.21. The topological polar surface area (TPSA) is 72.6 Å². The second-order valence-electron chi connectivity index (χ2n) is 6.56. The fourth-order valence-corrected chi connectivity index (χ4v) is 4.19. The number of sulfonamides is 1. The molecule has 1 aromatic rings. The molecule has 1 saturated heterocycles. The second-order valence-corrected chi connectivity index (χ2v) is 8.09. The molecule has 1 aromatic carbocycles. The number of ether oxygens (including phenoxy) is 1. The maximum Gasteiger partial charge on any atom is 0.573 e. The van der Waals surface area contributed by atoms with Crippen LogP contribution >= 0.6 is 0 Å². The van der Waals surface area contributed by atoms with Crippen molar-refractivity contribution in [2.45, 2.75) is 55.8 Å². The molecule has 0 amide bonds. The Labute approximate surface area is 146 Å². The SMILES string of the molecule is C[C@@H](C[C@@H]1CCCCN1C)c1cc(OC(F)(F)F)ccc1S(N)(=O)=O. The van der Waals surface area contributed by atoms with Crippen molar-refractivity contribution in [3.8, 4) is 5.75 Å². The van der Waals surface area contributed by atoms with Crippen LogP contribution in [0.5, 0.6) is 5.75 Å². The Morgan fingerprint density at radius 3 is 2.60 bits per heavy atom. The van der Waals surface area contributed by atoms with Gasteiger partial charge in [0.25, 0.3) is 0 Å². The molecular weight excluding hydrogens is 357 g/mol. The maximum atomic E-state index is 12.5. The molecule has 1 heterocycles. The van der Waals surface area contributed by atoms with Gasteiger partial charge in [-0.2, -0.15) is 0 Å². The summed E-state index contributed by atoms with van der Waals surface area (Å²) in [4.78, 5) is 2.04. The van der Waals surface area contributed by atoms with Gasteiger partial charge in [-0.1, -0.05) is 13.3 Å². The van der Waals surface area contributed by atoms with Gasteiger partial charge in [0.1, 0.15) is 5.75 Å². The summed E-state index contributed by atoms with van der Waals surface area (Å²) >= 11 is 0. The van der Waals surface area contributed by atoms with Crippen molar-refractivity contribution < 1.29 is 26.3 Å². The number of nitrogens with zero attached hydrogens (tertiary/aromatic N) is 1. The number of halogens is 3. The minimum Gasteiger partial charge on any atom is -0.406 e. The standard InChI is InChI=1S/C16H23F3N2O3S/c1-11(9-12-5-3-4-8-21(12)2)14-10-13(24-16(17,18)19)6-7-15(14)25(20,22)23/h6-7,10-12H,3-5,8-9H2,1-2H3,(H2,20,22,23)/t11-,12-/m0/s1. The third kappa shape index (κ3) is 5.58. The highest BCUT2D eigenvalue weighted by atomic mass is 32.2. The summed E-state index contributed by atoms with van der Waals surface area (Å²) in [6.07, 6.45) is -1.04. The van der Waals surface area contributed by atoms with Crippen LogP contribution in [0.4, 0.5) is 13.2 Å². The Hall–Kier alpha value is -1.32. The average Bonchev–Trinajstić information content (AvgIpc) is 2.46.